The van der Waals surface area contributed by atoms with Gasteiger partial charge in [-0.3, -0.25) is 0 Å². The monoisotopic (exact) mass is 362 g/mol. The maximum Gasteiger partial charge on any atom is 0.110 e. The predicted octanol–water partition coefficient (Wildman–Crippen LogP) is 3.25. The minimum Gasteiger partial charge on any atom is -0.394 e. The zero-order valence-corrected chi connectivity index (χ0v) is 14.8. The molecule has 1 aliphatic heterocycles. The van der Waals surface area contributed by atoms with Crippen molar-refractivity contribution >= 4 is 32.3 Å². The first-order chi connectivity index (χ1) is 13.2. The van der Waals surface area contributed by atoms with Gasteiger partial charge in [0.05, 0.1) is 13.2 Å². The van der Waals surface area contributed by atoms with E-state index in [1.165, 1.54) is 32.3 Å². The highest BCUT2D eigenvalue weighted by Gasteiger charge is 2.33. The number of aliphatic hydroxyl groups is 3. The fourth-order valence-electron chi connectivity index (χ4n) is 3.46. The highest BCUT2D eigenvalue weighted by Crippen LogP contribution is 2.27. The Kier molecular flexibility index (Phi) is 5.05. The highest BCUT2D eigenvalue weighted by molar-refractivity contribution is 6.04. The van der Waals surface area contributed by atoms with Gasteiger partial charge in [0.2, 0.25) is 0 Å². The van der Waals surface area contributed by atoms with Crippen molar-refractivity contribution < 1.29 is 20.1 Å². The summed E-state index contributed by atoms with van der Waals surface area (Å²) in [6.45, 7) is -0.120. The zero-order valence-electron chi connectivity index (χ0n) is 14.8. The van der Waals surface area contributed by atoms with Crippen molar-refractivity contribution in [1.29, 1.82) is 0 Å². The number of benzene rings is 4. The van der Waals surface area contributed by atoms with Gasteiger partial charge in [-0.1, -0.05) is 48.5 Å². The van der Waals surface area contributed by atoms with Crippen LogP contribution in [-0.2, 0) is 4.74 Å². The molecule has 27 heavy (non-hydrogen) atoms. The van der Waals surface area contributed by atoms with Gasteiger partial charge in [0, 0.05) is 0 Å². The van der Waals surface area contributed by atoms with E-state index in [0.29, 0.717) is 0 Å². The largest absolute Gasteiger partial charge is 0.394 e. The highest BCUT2D eigenvalue weighted by atomic mass is 16.5. The Morgan fingerprint density at radius 2 is 1.11 bits per heavy atom. The number of ether oxygens (including phenoxy) is 1. The van der Waals surface area contributed by atoms with Crippen molar-refractivity contribution in [2.45, 2.75) is 18.3 Å². The van der Waals surface area contributed by atoms with Gasteiger partial charge in [-0.05, 0) is 56.6 Å². The van der Waals surface area contributed by atoms with Gasteiger partial charge in [-0.2, -0.15) is 0 Å². The van der Waals surface area contributed by atoms with Gasteiger partial charge in [0.25, 0.3) is 0 Å². The molecule has 4 aromatic carbocycles. The smallest absolute Gasteiger partial charge is 0.110 e. The third-order valence-corrected chi connectivity index (χ3v) is 5.01. The van der Waals surface area contributed by atoms with E-state index >= 15 is 0 Å². The molecule has 1 heterocycles. The lowest BCUT2D eigenvalue weighted by Gasteiger charge is -2.10. The Morgan fingerprint density at radius 3 is 1.37 bits per heavy atom. The molecule has 1 saturated heterocycles. The average molecular weight is 362 g/mol. The first kappa shape index (κ1) is 17.9. The molecule has 3 atom stereocenters. The first-order valence-electron chi connectivity index (χ1n) is 9.05. The molecule has 138 valence electrons. The normalized spacial score (nSPS) is 22.1. The van der Waals surface area contributed by atoms with Gasteiger partial charge >= 0.3 is 0 Å². The van der Waals surface area contributed by atoms with E-state index < -0.39 is 18.3 Å². The van der Waals surface area contributed by atoms with Crippen LogP contribution in [0.4, 0.5) is 0 Å². The minimum absolute atomic E-state index is 0.117. The van der Waals surface area contributed by atoms with E-state index in [2.05, 4.69) is 72.8 Å². The van der Waals surface area contributed by atoms with Crippen LogP contribution in [0.3, 0.4) is 0 Å². The molecule has 3 N–H and O–H groups in total. The average Bonchev–Trinajstić information content (AvgIpc) is 3.03. The van der Waals surface area contributed by atoms with Crippen LogP contribution in [0.15, 0.2) is 72.8 Å². The fourth-order valence-corrected chi connectivity index (χ4v) is 3.46. The lowest BCUT2D eigenvalue weighted by molar-refractivity contribution is -0.00588. The molecule has 0 amide bonds. The predicted molar refractivity (Wildman–Crippen MR) is 108 cm³/mol. The van der Waals surface area contributed by atoms with Crippen LogP contribution in [0, 0.1) is 0 Å². The summed E-state index contributed by atoms with van der Waals surface area (Å²) in [4.78, 5) is 0. The van der Waals surface area contributed by atoms with Crippen molar-refractivity contribution in [3.05, 3.63) is 72.8 Å². The van der Waals surface area contributed by atoms with E-state index in [-0.39, 0.29) is 13.2 Å². The third-order valence-electron chi connectivity index (χ3n) is 5.01. The van der Waals surface area contributed by atoms with Gasteiger partial charge in [0.1, 0.15) is 18.3 Å². The van der Waals surface area contributed by atoms with Crippen molar-refractivity contribution in [2.24, 2.45) is 0 Å². The molecule has 0 unspecified atom stereocenters. The molecular formula is C23H22O4. The summed E-state index contributed by atoms with van der Waals surface area (Å²) in [6, 6.07) is 26.2. The van der Waals surface area contributed by atoms with E-state index in [4.69, 9.17) is 20.1 Å². The Morgan fingerprint density at radius 1 is 0.704 bits per heavy atom. The molecule has 1 fully saturated rings. The molecule has 0 radical (unpaired) electrons. The van der Waals surface area contributed by atoms with E-state index in [0.717, 1.165) is 0 Å². The van der Waals surface area contributed by atoms with Crippen LogP contribution in [-0.4, -0.2) is 46.8 Å². The second-order valence-electron chi connectivity index (χ2n) is 6.86. The van der Waals surface area contributed by atoms with Crippen molar-refractivity contribution in [1.82, 2.24) is 0 Å². The van der Waals surface area contributed by atoms with Gasteiger partial charge in [-0.15, -0.1) is 0 Å². The van der Waals surface area contributed by atoms with Crippen molar-refractivity contribution in [2.75, 3.05) is 13.2 Å². The van der Waals surface area contributed by atoms with E-state index in [1.54, 1.807) is 0 Å². The summed E-state index contributed by atoms with van der Waals surface area (Å²) >= 11 is 0. The summed E-state index contributed by atoms with van der Waals surface area (Å²) in [5.74, 6) is 0. The molecule has 0 aliphatic carbocycles. The molecule has 1 aliphatic rings. The van der Waals surface area contributed by atoms with E-state index in [1.807, 2.05) is 0 Å². The quantitative estimate of drug-likeness (QED) is 0.455. The third kappa shape index (κ3) is 3.66. The van der Waals surface area contributed by atoms with Crippen molar-refractivity contribution in [3.63, 3.8) is 0 Å². The van der Waals surface area contributed by atoms with Crippen LogP contribution >= 0.6 is 0 Å². The molecule has 0 aromatic heterocycles. The molecule has 0 saturated carbocycles. The number of hydrogen-bond donors (Lipinski definition) is 3. The first-order valence-corrected chi connectivity index (χ1v) is 9.05. The number of hydrogen-bond acceptors (Lipinski definition) is 4. The Bertz CT molecular complexity index is 932. The van der Waals surface area contributed by atoms with Gasteiger partial charge in [0.15, 0.2) is 0 Å². The number of aliphatic hydroxyl groups excluding tert-OH is 3. The van der Waals surface area contributed by atoms with Gasteiger partial charge < -0.3 is 20.1 Å². The summed E-state index contributed by atoms with van der Waals surface area (Å²) in [5.41, 5.74) is 0. The second kappa shape index (κ2) is 7.62. The van der Waals surface area contributed by atoms with Crippen LogP contribution < -0.4 is 0 Å². The zero-order chi connectivity index (χ0) is 18.8. The summed E-state index contributed by atoms with van der Waals surface area (Å²) in [7, 11) is 0. The molecule has 0 spiro atoms. The van der Waals surface area contributed by atoms with Crippen LogP contribution in [0.25, 0.3) is 32.3 Å². The Labute approximate surface area is 157 Å². The van der Waals surface area contributed by atoms with Crippen LogP contribution in [0.1, 0.15) is 0 Å². The lowest BCUT2D eigenvalue weighted by Crippen LogP contribution is -2.31. The summed E-state index contributed by atoms with van der Waals surface area (Å²) in [6.07, 6.45) is -2.35. The Balaban J connectivity index is 0.000000170. The molecule has 4 heteroatoms. The van der Waals surface area contributed by atoms with E-state index in [9.17, 15) is 0 Å². The SMILES string of the molecule is OC[C@H]1OC[C@H](O)[C@@H]1O.c1ccc2cc3cc4ccccc4cc3cc2c1. The molecule has 4 nitrogen and oxygen atoms in total. The van der Waals surface area contributed by atoms with Gasteiger partial charge in [-0.25, -0.2) is 0 Å². The summed E-state index contributed by atoms with van der Waals surface area (Å²) < 4.78 is 4.78. The standard InChI is InChI=1S/C18H12.C5H10O4/c1-2-6-14-10-18-12-16-8-4-3-7-15(16)11-17(18)9-13(14)5-1;6-1-4-5(8)3(7)2-9-4/h1-12H;3-8H,1-2H2/t;3-,4+,5-/m.0/s1. The van der Waals surface area contributed by atoms with Crippen molar-refractivity contribution in [3.8, 4) is 0 Å². The van der Waals surface area contributed by atoms with Crippen LogP contribution in [0.2, 0.25) is 0 Å². The fraction of sp³-hybridized carbons (Fsp3) is 0.217. The maximum atomic E-state index is 8.92. The van der Waals surface area contributed by atoms with Crippen LogP contribution in [0.5, 0.6) is 0 Å². The number of rotatable bonds is 1. The molecular weight excluding hydrogens is 340 g/mol. The molecule has 4 aromatic rings. The second-order valence-corrected chi connectivity index (χ2v) is 6.86. The number of fused-ring (bicyclic) bond motifs is 3. The topological polar surface area (TPSA) is 69.9 Å². The molecule has 5 rings (SSSR count). The lowest BCUT2D eigenvalue weighted by atomic mass is 10.00. The Hall–Kier alpha value is -2.50. The maximum absolute atomic E-state index is 8.92. The molecule has 0 bridgehead atoms. The summed E-state index contributed by atoms with van der Waals surface area (Å²) in [5, 5.41) is 34.0. The minimum atomic E-state index is -0.921.